The summed E-state index contributed by atoms with van der Waals surface area (Å²) >= 11 is 0. The van der Waals surface area contributed by atoms with Crippen LogP contribution in [0.3, 0.4) is 0 Å². The Morgan fingerprint density at radius 2 is 1.10 bits per heavy atom. The maximum atomic E-state index is 12.2. The summed E-state index contributed by atoms with van der Waals surface area (Å²) < 4.78 is 0. The lowest BCUT2D eigenvalue weighted by Crippen LogP contribution is -2.22. The molecule has 204 valence electrons. The minimum atomic E-state index is -0.301. The van der Waals surface area contributed by atoms with Crippen molar-refractivity contribution in [1.82, 2.24) is 10.9 Å². The molecule has 2 fully saturated rings. The maximum absolute atomic E-state index is 12.2. The lowest BCUT2D eigenvalue weighted by atomic mass is 10.1. The molecule has 39 heavy (non-hydrogen) atoms. The Labute approximate surface area is 227 Å². The molecule has 2 aromatic carbocycles. The van der Waals surface area contributed by atoms with Gasteiger partial charge in [0.05, 0.1) is 11.4 Å². The molecular weight excluding hydrogens is 496 g/mol. The third-order valence-corrected chi connectivity index (χ3v) is 6.50. The Hall–Kier alpha value is -4.34. The van der Waals surface area contributed by atoms with E-state index >= 15 is 0 Å². The number of rotatable bonds is 12. The summed E-state index contributed by atoms with van der Waals surface area (Å²) in [6.45, 7) is 3.54. The minimum Gasteiger partial charge on any atom is -0.326 e. The molecule has 2 aromatic rings. The zero-order valence-electron chi connectivity index (χ0n) is 22.3. The molecule has 0 heterocycles. The number of nitrogens with zero attached hydrogens (tertiary/aromatic N) is 2. The van der Waals surface area contributed by atoms with Crippen LogP contribution >= 0.6 is 0 Å². The van der Waals surface area contributed by atoms with Crippen LogP contribution < -0.4 is 21.5 Å². The van der Waals surface area contributed by atoms with Gasteiger partial charge in [-0.25, -0.2) is 10.9 Å². The van der Waals surface area contributed by atoms with Crippen molar-refractivity contribution in [3.8, 4) is 0 Å². The molecule has 4 N–H and O–H groups in total. The lowest BCUT2D eigenvalue weighted by molar-refractivity contribution is -0.122. The van der Waals surface area contributed by atoms with Crippen LogP contribution in [-0.2, 0) is 19.2 Å². The number of benzene rings is 2. The van der Waals surface area contributed by atoms with Gasteiger partial charge in [0.15, 0.2) is 0 Å². The Balaban J connectivity index is 1.17. The van der Waals surface area contributed by atoms with Crippen LogP contribution in [0.2, 0.25) is 0 Å². The summed E-state index contributed by atoms with van der Waals surface area (Å²) in [5.41, 5.74) is 9.20. The molecule has 0 unspecified atom stereocenters. The van der Waals surface area contributed by atoms with E-state index in [0.29, 0.717) is 29.2 Å². The third kappa shape index (κ3) is 8.87. The molecule has 0 aliphatic heterocycles. The fraction of sp³-hybridized carbons (Fsp3) is 0.379. The van der Waals surface area contributed by atoms with Gasteiger partial charge in [0.25, 0.3) is 0 Å². The van der Waals surface area contributed by atoms with Crippen LogP contribution in [0.25, 0.3) is 0 Å². The summed E-state index contributed by atoms with van der Waals surface area (Å²) in [5.74, 6) is -0.309. The van der Waals surface area contributed by atoms with Crippen molar-refractivity contribution < 1.29 is 19.2 Å². The quantitative estimate of drug-likeness (QED) is 0.244. The van der Waals surface area contributed by atoms with Gasteiger partial charge in [-0.1, -0.05) is 24.3 Å². The maximum Gasteiger partial charge on any atom is 0.240 e. The van der Waals surface area contributed by atoms with Gasteiger partial charge >= 0.3 is 0 Å². The summed E-state index contributed by atoms with van der Waals surface area (Å²) in [5, 5.41) is 14.1. The summed E-state index contributed by atoms with van der Waals surface area (Å²) in [4.78, 5) is 48.3. The van der Waals surface area contributed by atoms with Crippen molar-refractivity contribution in [1.29, 1.82) is 0 Å². The fourth-order valence-electron chi connectivity index (χ4n) is 3.77. The third-order valence-electron chi connectivity index (χ3n) is 6.50. The monoisotopic (exact) mass is 530 g/mol. The van der Waals surface area contributed by atoms with Gasteiger partial charge in [-0.3, -0.25) is 19.2 Å². The normalized spacial score (nSPS) is 15.3. The van der Waals surface area contributed by atoms with Crippen LogP contribution in [0.1, 0.15) is 69.9 Å². The van der Waals surface area contributed by atoms with Crippen molar-refractivity contribution in [2.45, 2.75) is 58.8 Å². The van der Waals surface area contributed by atoms with Crippen molar-refractivity contribution in [3.05, 3.63) is 59.7 Å². The van der Waals surface area contributed by atoms with Gasteiger partial charge < -0.3 is 10.6 Å². The highest BCUT2D eigenvalue weighted by molar-refractivity contribution is 6.02. The Bertz CT molecular complexity index is 1210. The summed E-state index contributed by atoms with van der Waals surface area (Å²) in [7, 11) is 0. The smallest absolute Gasteiger partial charge is 0.240 e. The first-order valence-corrected chi connectivity index (χ1v) is 13.3. The van der Waals surface area contributed by atoms with Crippen molar-refractivity contribution in [2.75, 3.05) is 10.6 Å². The Morgan fingerprint density at radius 3 is 1.49 bits per heavy atom. The van der Waals surface area contributed by atoms with Crippen molar-refractivity contribution in [3.63, 3.8) is 0 Å². The van der Waals surface area contributed by atoms with E-state index in [9.17, 15) is 19.2 Å². The predicted molar refractivity (Wildman–Crippen MR) is 150 cm³/mol. The molecule has 0 atom stereocenters. The van der Waals surface area contributed by atoms with E-state index < -0.39 is 0 Å². The molecule has 0 spiro atoms. The molecule has 2 saturated carbocycles. The molecule has 10 heteroatoms. The van der Waals surface area contributed by atoms with Gasteiger partial charge in [-0.2, -0.15) is 10.2 Å². The highest BCUT2D eigenvalue weighted by Crippen LogP contribution is 2.31. The zero-order chi connectivity index (χ0) is 27.8. The van der Waals surface area contributed by atoms with Crippen LogP contribution in [0, 0.1) is 11.8 Å². The first-order valence-electron chi connectivity index (χ1n) is 13.3. The summed E-state index contributed by atoms with van der Waals surface area (Å²) in [6.07, 6.45) is 4.34. The molecule has 0 aromatic heterocycles. The molecule has 4 amide bonds. The second-order valence-corrected chi connectivity index (χ2v) is 10.0. The SMILES string of the molecule is C/C(=N\NC(=O)CCCC(=O)N/N=C(\C)c1cccc(NC(=O)C2CC2)c1)c1cccc(NC(=O)C2CC2)c1. The highest BCUT2D eigenvalue weighted by atomic mass is 16.2. The number of anilines is 2. The van der Waals surface area contributed by atoms with E-state index in [1.165, 1.54) is 0 Å². The van der Waals surface area contributed by atoms with Crippen LogP contribution in [0.5, 0.6) is 0 Å². The minimum absolute atomic E-state index is 0.0308. The second-order valence-electron chi connectivity index (χ2n) is 10.0. The Morgan fingerprint density at radius 1 is 0.692 bits per heavy atom. The molecule has 2 aliphatic carbocycles. The van der Waals surface area contributed by atoms with Gasteiger partial charge in [0.2, 0.25) is 23.6 Å². The number of hydrazone groups is 2. The zero-order valence-corrected chi connectivity index (χ0v) is 22.3. The van der Waals surface area contributed by atoms with Gasteiger partial charge in [0, 0.05) is 36.1 Å². The van der Waals surface area contributed by atoms with E-state index in [2.05, 4.69) is 31.7 Å². The van der Waals surface area contributed by atoms with Gasteiger partial charge in [-0.15, -0.1) is 0 Å². The molecule has 4 rings (SSSR count). The molecule has 0 saturated heterocycles. The standard InChI is InChI=1S/C29H34N6O4/c1-18(22-6-3-8-24(16-22)30-28(38)20-12-13-20)32-34-26(36)10-5-11-27(37)35-33-19(2)23-7-4-9-25(17-23)31-29(39)21-14-15-21/h3-4,6-9,16-17,20-21H,5,10-15H2,1-2H3,(H,30,38)(H,31,39)(H,34,36)(H,35,37)/b32-18+,33-19+. The first kappa shape index (κ1) is 27.7. The number of amides is 4. The van der Waals surface area contributed by atoms with Crippen LogP contribution in [0.15, 0.2) is 58.7 Å². The number of nitrogens with one attached hydrogen (secondary N) is 4. The molecule has 0 bridgehead atoms. The molecule has 0 radical (unpaired) electrons. The van der Waals surface area contributed by atoms with Gasteiger partial charge in [0.1, 0.15) is 0 Å². The van der Waals surface area contributed by atoms with Crippen molar-refractivity contribution >= 4 is 46.4 Å². The topological polar surface area (TPSA) is 141 Å². The van der Waals surface area contributed by atoms with E-state index in [0.717, 1.165) is 36.8 Å². The number of carbonyl (C=O) groups is 4. The van der Waals surface area contributed by atoms with E-state index in [1.807, 2.05) is 48.5 Å². The molecule has 10 nitrogen and oxygen atoms in total. The first-order chi connectivity index (χ1) is 18.8. The van der Waals surface area contributed by atoms with E-state index in [-0.39, 0.29) is 48.3 Å². The van der Waals surface area contributed by atoms with Gasteiger partial charge in [-0.05, 0) is 81.3 Å². The number of hydrogen-bond donors (Lipinski definition) is 4. The highest BCUT2D eigenvalue weighted by Gasteiger charge is 2.30. The average Bonchev–Trinajstić information content (AvgIpc) is 3.83. The average molecular weight is 531 g/mol. The number of carbonyl (C=O) groups excluding carboxylic acids is 4. The predicted octanol–water partition coefficient (Wildman–Crippen LogP) is 3.93. The Kier molecular flexibility index (Phi) is 9.19. The van der Waals surface area contributed by atoms with E-state index in [1.54, 1.807) is 13.8 Å². The fourth-order valence-corrected chi connectivity index (χ4v) is 3.77. The summed E-state index contributed by atoms with van der Waals surface area (Å²) in [6, 6.07) is 14.6. The second kappa shape index (κ2) is 12.9. The number of hydrogen-bond acceptors (Lipinski definition) is 6. The molecular formula is C29H34N6O4. The van der Waals surface area contributed by atoms with Crippen LogP contribution in [-0.4, -0.2) is 35.1 Å². The largest absolute Gasteiger partial charge is 0.326 e. The van der Waals surface area contributed by atoms with Crippen LogP contribution in [0.4, 0.5) is 11.4 Å². The van der Waals surface area contributed by atoms with Crippen molar-refractivity contribution in [2.24, 2.45) is 22.0 Å². The molecule has 2 aliphatic rings. The lowest BCUT2D eigenvalue weighted by Gasteiger charge is -2.08. The van der Waals surface area contributed by atoms with E-state index in [4.69, 9.17) is 0 Å².